The van der Waals surface area contributed by atoms with Crippen molar-refractivity contribution in [3.63, 3.8) is 0 Å². The lowest BCUT2D eigenvalue weighted by atomic mass is 10.0. The molecule has 4 aromatic rings. The van der Waals surface area contributed by atoms with E-state index in [0.717, 1.165) is 16.4 Å². The van der Waals surface area contributed by atoms with Gasteiger partial charge >= 0.3 is 0 Å². The number of hydrogen-bond donors (Lipinski definition) is 0. The molecule has 4 heteroatoms. The Morgan fingerprint density at radius 2 is 1.54 bits per heavy atom. The molecule has 1 aromatic heterocycles. The second-order valence-electron chi connectivity index (χ2n) is 6.39. The molecular weight excluding hydrogens is 356 g/mol. The predicted molar refractivity (Wildman–Crippen MR) is 111 cm³/mol. The van der Waals surface area contributed by atoms with Crippen LogP contribution in [0.25, 0.3) is 11.0 Å². The third-order valence-electron chi connectivity index (χ3n) is 4.74. The van der Waals surface area contributed by atoms with Gasteiger partial charge < -0.3 is 4.57 Å². The van der Waals surface area contributed by atoms with E-state index in [1.54, 1.807) is 0 Å². The third kappa shape index (κ3) is 2.83. The van der Waals surface area contributed by atoms with Gasteiger partial charge in [0.1, 0.15) is 0 Å². The van der Waals surface area contributed by atoms with Crippen molar-refractivity contribution in [3.8, 4) is 0 Å². The van der Waals surface area contributed by atoms with E-state index in [2.05, 4.69) is 89.5 Å². The molecule has 0 fully saturated rings. The van der Waals surface area contributed by atoms with Crippen molar-refractivity contribution in [1.29, 1.82) is 0 Å². The normalized spacial score (nSPS) is 19.4. The molecule has 0 spiro atoms. The minimum atomic E-state index is 0.282. The second-order valence-corrected chi connectivity index (χ2v) is 8.69. The van der Waals surface area contributed by atoms with E-state index in [-0.39, 0.29) is 6.04 Å². The Labute approximate surface area is 161 Å². The minimum Gasteiger partial charge on any atom is -0.310 e. The van der Waals surface area contributed by atoms with E-state index in [0.29, 0.717) is 5.25 Å². The highest BCUT2D eigenvalue weighted by atomic mass is 32.2. The molecule has 0 saturated heterocycles. The average Bonchev–Trinajstić information content (AvgIpc) is 3.08. The molecule has 0 N–H and O–H groups in total. The Balaban J connectivity index is 1.65. The van der Waals surface area contributed by atoms with Crippen LogP contribution in [0.1, 0.15) is 11.6 Å². The van der Waals surface area contributed by atoms with Gasteiger partial charge in [0, 0.05) is 15.9 Å². The van der Waals surface area contributed by atoms with Crippen molar-refractivity contribution in [2.45, 2.75) is 21.3 Å². The number of para-hydroxylation sites is 2. The van der Waals surface area contributed by atoms with E-state index in [1.165, 1.54) is 16.0 Å². The number of rotatable bonds is 3. The Bertz CT molecular complexity index is 1030. The average molecular weight is 375 g/mol. The van der Waals surface area contributed by atoms with Crippen LogP contribution in [0.5, 0.6) is 0 Å². The van der Waals surface area contributed by atoms with Crippen LogP contribution in [-0.4, -0.2) is 20.6 Å². The first-order valence-electron chi connectivity index (χ1n) is 8.76. The number of hydrogen-bond acceptors (Lipinski definition) is 3. The lowest BCUT2D eigenvalue weighted by molar-refractivity contribution is 0.539. The van der Waals surface area contributed by atoms with Crippen molar-refractivity contribution < 1.29 is 0 Å². The minimum absolute atomic E-state index is 0.282. The maximum Gasteiger partial charge on any atom is 0.169 e. The second kappa shape index (κ2) is 6.86. The molecule has 26 heavy (non-hydrogen) atoms. The fourth-order valence-electron chi connectivity index (χ4n) is 3.59. The first-order chi connectivity index (χ1) is 12.9. The van der Waals surface area contributed by atoms with Crippen molar-refractivity contribution in [3.05, 3.63) is 90.5 Å². The number of imidazole rings is 1. The van der Waals surface area contributed by atoms with Crippen molar-refractivity contribution in [2.75, 3.05) is 5.75 Å². The van der Waals surface area contributed by atoms with Crippen molar-refractivity contribution >= 4 is 34.6 Å². The molecule has 0 saturated carbocycles. The fourth-order valence-corrected chi connectivity index (χ4v) is 6.15. The zero-order valence-electron chi connectivity index (χ0n) is 14.2. The van der Waals surface area contributed by atoms with Gasteiger partial charge in [-0.15, -0.1) is 11.8 Å². The van der Waals surface area contributed by atoms with E-state index < -0.39 is 0 Å². The lowest BCUT2D eigenvalue weighted by Gasteiger charge is -2.33. The highest BCUT2D eigenvalue weighted by Gasteiger charge is 2.34. The molecular formula is C22H18N2S2. The summed E-state index contributed by atoms with van der Waals surface area (Å²) < 4.78 is 2.44. The molecule has 0 aliphatic carbocycles. The van der Waals surface area contributed by atoms with Crippen LogP contribution in [-0.2, 0) is 0 Å². The van der Waals surface area contributed by atoms with Crippen LogP contribution >= 0.6 is 23.5 Å². The molecule has 2 atom stereocenters. The van der Waals surface area contributed by atoms with Crippen LogP contribution in [0, 0.1) is 0 Å². The van der Waals surface area contributed by atoms with Gasteiger partial charge in [0.05, 0.1) is 17.1 Å². The quantitative estimate of drug-likeness (QED) is 0.445. The summed E-state index contributed by atoms with van der Waals surface area (Å²) in [5, 5.41) is 1.58. The molecule has 0 radical (unpaired) electrons. The summed E-state index contributed by atoms with van der Waals surface area (Å²) in [6.45, 7) is 0. The molecule has 1 aliphatic heterocycles. The standard InChI is InChI=1S/C22H18N2S2/c1-3-9-16(10-4-1)21-20(26-17-11-5-2-6-12-17)15-25-22-23-18-13-7-8-14-19(18)24(21)22/h1-14,20-21H,15H2/t20-,21+/m0/s1. The number of fused-ring (bicyclic) bond motifs is 3. The van der Waals surface area contributed by atoms with Crippen LogP contribution in [0.15, 0.2) is 95.0 Å². The lowest BCUT2D eigenvalue weighted by Crippen LogP contribution is -2.29. The van der Waals surface area contributed by atoms with Gasteiger partial charge in [0.2, 0.25) is 0 Å². The summed E-state index contributed by atoms with van der Waals surface area (Å²) in [5.41, 5.74) is 3.66. The van der Waals surface area contributed by atoms with Crippen molar-refractivity contribution in [1.82, 2.24) is 9.55 Å². The smallest absolute Gasteiger partial charge is 0.169 e. The number of thioether (sulfide) groups is 2. The molecule has 1 aliphatic rings. The monoisotopic (exact) mass is 374 g/mol. The molecule has 2 heterocycles. The Kier molecular flexibility index (Phi) is 4.23. The van der Waals surface area contributed by atoms with Gasteiger partial charge in [0.25, 0.3) is 0 Å². The third-order valence-corrected chi connectivity index (χ3v) is 7.30. The summed E-state index contributed by atoms with van der Waals surface area (Å²) >= 11 is 3.84. The maximum atomic E-state index is 4.89. The molecule has 0 amide bonds. The van der Waals surface area contributed by atoms with E-state index >= 15 is 0 Å². The fraction of sp³-hybridized carbons (Fsp3) is 0.136. The topological polar surface area (TPSA) is 17.8 Å². The Morgan fingerprint density at radius 1 is 0.846 bits per heavy atom. The van der Waals surface area contributed by atoms with Crippen LogP contribution in [0.4, 0.5) is 0 Å². The summed E-state index contributed by atoms with van der Waals surface area (Å²) in [6, 6.07) is 30.4. The molecule has 3 aromatic carbocycles. The summed E-state index contributed by atoms with van der Waals surface area (Å²) in [5.74, 6) is 1.06. The van der Waals surface area contributed by atoms with Gasteiger partial charge in [-0.05, 0) is 29.8 Å². The first-order valence-corrected chi connectivity index (χ1v) is 10.6. The first kappa shape index (κ1) is 16.0. The summed E-state index contributed by atoms with van der Waals surface area (Å²) in [4.78, 5) is 6.21. The molecule has 0 unspecified atom stereocenters. The van der Waals surface area contributed by atoms with Crippen molar-refractivity contribution in [2.24, 2.45) is 0 Å². The molecule has 5 rings (SSSR count). The largest absolute Gasteiger partial charge is 0.310 e. The Morgan fingerprint density at radius 3 is 2.35 bits per heavy atom. The maximum absolute atomic E-state index is 4.89. The van der Waals surface area contributed by atoms with Gasteiger partial charge in [-0.2, -0.15) is 0 Å². The zero-order chi connectivity index (χ0) is 17.3. The predicted octanol–water partition coefficient (Wildman–Crippen LogP) is 5.89. The van der Waals surface area contributed by atoms with E-state index in [9.17, 15) is 0 Å². The number of benzene rings is 3. The van der Waals surface area contributed by atoms with Gasteiger partial charge in [0.15, 0.2) is 5.16 Å². The van der Waals surface area contributed by atoms with Crippen LogP contribution in [0.2, 0.25) is 0 Å². The summed E-state index contributed by atoms with van der Waals surface area (Å²) in [7, 11) is 0. The van der Waals surface area contributed by atoms with Gasteiger partial charge in [-0.25, -0.2) is 4.98 Å². The molecule has 2 nitrogen and oxygen atoms in total. The molecule has 128 valence electrons. The zero-order valence-corrected chi connectivity index (χ0v) is 15.8. The summed E-state index contributed by atoms with van der Waals surface area (Å²) in [6.07, 6.45) is 0. The number of nitrogens with zero attached hydrogens (tertiary/aromatic N) is 2. The molecule has 0 bridgehead atoms. The van der Waals surface area contributed by atoms with Crippen LogP contribution in [0.3, 0.4) is 0 Å². The highest BCUT2D eigenvalue weighted by Crippen LogP contribution is 2.45. The van der Waals surface area contributed by atoms with Gasteiger partial charge in [-0.3, -0.25) is 0 Å². The number of aromatic nitrogens is 2. The van der Waals surface area contributed by atoms with E-state index in [4.69, 9.17) is 4.98 Å². The Hall–Kier alpha value is -2.17. The SMILES string of the molecule is c1ccc(S[C@H]2CSc3nc4ccccc4n3[C@@H]2c2ccccc2)cc1. The van der Waals surface area contributed by atoms with Gasteiger partial charge in [-0.1, -0.05) is 72.4 Å². The highest BCUT2D eigenvalue weighted by molar-refractivity contribution is 8.03. The van der Waals surface area contributed by atoms with Crippen LogP contribution < -0.4 is 0 Å². The van der Waals surface area contributed by atoms with E-state index in [1.807, 2.05) is 23.5 Å².